The van der Waals surface area contributed by atoms with Crippen LogP contribution in [0.4, 0.5) is 5.69 Å². The Labute approximate surface area is 161 Å². The zero-order chi connectivity index (χ0) is 19.5. The molecule has 2 N–H and O–H groups in total. The number of oxazole rings is 1. The zero-order valence-electron chi connectivity index (χ0n) is 15.3. The summed E-state index contributed by atoms with van der Waals surface area (Å²) in [4.78, 5) is 29.1. The average Bonchev–Trinajstić information content (AvgIpc) is 3.21. The van der Waals surface area contributed by atoms with Crippen LogP contribution in [-0.2, 0) is 16.1 Å². The van der Waals surface area contributed by atoms with Crippen LogP contribution < -0.4 is 15.4 Å². The highest BCUT2D eigenvalue weighted by molar-refractivity contribution is 6.01. The largest absolute Gasteiger partial charge is 0.497 e. The molecule has 0 radical (unpaired) electrons. The first kappa shape index (κ1) is 17.8. The van der Waals surface area contributed by atoms with Crippen LogP contribution in [0.25, 0.3) is 11.5 Å². The van der Waals surface area contributed by atoms with E-state index in [0.717, 1.165) is 11.1 Å². The molecule has 1 aliphatic heterocycles. The van der Waals surface area contributed by atoms with Crippen LogP contribution in [-0.4, -0.2) is 23.9 Å². The maximum atomic E-state index is 12.8. The Hall–Kier alpha value is -3.61. The van der Waals surface area contributed by atoms with E-state index in [4.69, 9.17) is 9.15 Å². The van der Waals surface area contributed by atoms with E-state index in [1.54, 1.807) is 25.3 Å². The molecule has 142 valence electrons. The van der Waals surface area contributed by atoms with Crippen molar-refractivity contribution in [2.75, 3.05) is 12.4 Å². The van der Waals surface area contributed by atoms with Gasteiger partial charge < -0.3 is 19.8 Å². The number of carbonyl (C=O) groups is 2. The Balaban J connectivity index is 1.47. The molecule has 1 atom stereocenters. The van der Waals surface area contributed by atoms with E-state index in [9.17, 15) is 9.59 Å². The van der Waals surface area contributed by atoms with Crippen molar-refractivity contribution >= 4 is 17.5 Å². The Morgan fingerprint density at radius 1 is 1.29 bits per heavy atom. The summed E-state index contributed by atoms with van der Waals surface area (Å²) < 4.78 is 10.7. The molecule has 2 heterocycles. The van der Waals surface area contributed by atoms with Gasteiger partial charge >= 0.3 is 0 Å². The standard InChI is InChI=1S/C21H19N3O4/c1-27-15-7-8-18-16(9-15)17(10-19(25)24-18)20(26)22-11-14-12-28-21(23-14)13-5-3-2-4-6-13/h2-9,12,17H,10-11H2,1H3,(H,22,26)(H,24,25)/t17-/m1/s1. The number of amides is 2. The summed E-state index contributed by atoms with van der Waals surface area (Å²) in [5.74, 6) is 0.118. The Bertz CT molecular complexity index is 1010. The van der Waals surface area contributed by atoms with Crippen LogP contribution in [0.3, 0.4) is 0 Å². The molecular formula is C21H19N3O4. The van der Waals surface area contributed by atoms with Crippen molar-refractivity contribution in [1.82, 2.24) is 10.3 Å². The molecule has 7 heteroatoms. The molecule has 0 aliphatic carbocycles. The Morgan fingerprint density at radius 3 is 2.89 bits per heavy atom. The molecule has 2 amide bonds. The van der Waals surface area contributed by atoms with Gasteiger partial charge in [0.1, 0.15) is 12.0 Å². The highest BCUT2D eigenvalue weighted by atomic mass is 16.5. The van der Waals surface area contributed by atoms with Crippen molar-refractivity contribution in [1.29, 1.82) is 0 Å². The number of carbonyl (C=O) groups excluding carboxylic acids is 2. The predicted octanol–water partition coefficient (Wildman–Crippen LogP) is 3.09. The Kier molecular flexibility index (Phi) is 4.80. The van der Waals surface area contributed by atoms with Gasteiger partial charge in [-0.05, 0) is 35.9 Å². The minimum absolute atomic E-state index is 0.0834. The van der Waals surface area contributed by atoms with E-state index in [1.807, 2.05) is 30.3 Å². The minimum atomic E-state index is -0.584. The summed E-state index contributed by atoms with van der Waals surface area (Å²) in [6.07, 6.45) is 1.60. The maximum absolute atomic E-state index is 12.8. The fourth-order valence-electron chi connectivity index (χ4n) is 3.20. The van der Waals surface area contributed by atoms with Gasteiger partial charge in [0.15, 0.2) is 0 Å². The Morgan fingerprint density at radius 2 is 2.11 bits per heavy atom. The van der Waals surface area contributed by atoms with Gasteiger partial charge in [0, 0.05) is 17.7 Å². The van der Waals surface area contributed by atoms with Gasteiger partial charge in [-0.1, -0.05) is 18.2 Å². The summed E-state index contributed by atoms with van der Waals surface area (Å²) in [5, 5.41) is 5.64. The minimum Gasteiger partial charge on any atom is -0.497 e. The van der Waals surface area contributed by atoms with Crippen LogP contribution in [0.5, 0.6) is 5.75 Å². The van der Waals surface area contributed by atoms with Gasteiger partial charge in [-0.15, -0.1) is 0 Å². The number of rotatable bonds is 5. The highest BCUT2D eigenvalue weighted by Gasteiger charge is 2.31. The second-order valence-corrected chi connectivity index (χ2v) is 6.49. The van der Waals surface area contributed by atoms with Crippen LogP contribution in [0.1, 0.15) is 23.6 Å². The molecule has 0 fully saturated rings. The number of methoxy groups -OCH3 is 1. The normalized spacial score (nSPS) is 15.5. The SMILES string of the molecule is COc1ccc2c(c1)[C@H](C(=O)NCc1coc(-c3ccccc3)n1)CC(=O)N2. The number of fused-ring (bicyclic) bond motifs is 1. The van der Waals surface area contributed by atoms with Gasteiger partial charge in [0.05, 0.1) is 25.3 Å². The lowest BCUT2D eigenvalue weighted by Crippen LogP contribution is -2.34. The van der Waals surface area contributed by atoms with Crippen molar-refractivity contribution in [2.45, 2.75) is 18.9 Å². The number of nitrogens with zero attached hydrogens (tertiary/aromatic N) is 1. The molecule has 7 nitrogen and oxygen atoms in total. The third-order valence-corrected chi connectivity index (χ3v) is 4.63. The summed E-state index contributed by atoms with van der Waals surface area (Å²) in [6.45, 7) is 0.215. The monoisotopic (exact) mass is 377 g/mol. The molecule has 0 spiro atoms. The maximum Gasteiger partial charge on any atom is 0.228 e. The van der Waals surface area contributed by atoms with E-state index in [0.29, 0.717) is 23.0 Å². The van der Waals surface area contributed by atoms with E-state index >= 15 is 0 Å². The number of hydrogen-bond donors (Lipinski definition) is 2. The van der Waals surface area contributed by atoms with E-state index in [1.165, 1.54) is 6.26 Å². The quantitative estimate of drug-likeness (QED) is 0.713. The number of anilines is 1. The number of aromatic nitrogens is 1. The first-order valence-electron chi connectivity index (χ1n) is 8.89. The molecule has 0 saturated heterocycles. The molecule has 0 bridgehead atoms. The van der Waals surface area contributed by atoms with E-state index in [2.05, 4.69) is 15.6 Å². The lowest BCUT2D eigenvalue weighted by atomic mass is 9.89. The van der Waals surface area contributed by atoms with Crippen LogP contribution >= 0.6 is 0 Å². The molecule has 3 aromatic rings. The smallest absolute Gasteiger partial charge is 0.228 e. The van der Waals surface area contributed by atoms with Crippen molar-refractivity contribution < 1.29 is 18.7 Å². The number of hydrogen-bond acceptors (Lipinski definition) is 5. The molecule has 0 unspecified atom stereocenters. The molecular weight excluding hydrogens is 358 g/mol. The van der Waals surface area contributed by atoms with Gasteiger partial charge in [-0.25, -0.2) is 4.98 Å². The average molecular weight is 377 g/mol. The van der Waals surface area contributed by atoms with Crippen LogP contribution in [0, 0.1) is 0 Å². The number of nitrogens with one attached hydrogen (secondary N) is 2. The second-order valence-electron chi connectivity index (χ2n) is 6.49. The zero-order valence-corrected chi connectivity index (χ0v) is 15.3. The molecule has 28 heavy (non-hydrogen) atoms. The summed E-state index contributed by atoms with van der Waals surface area (Å²) in [6, 6.07) is 14.8. The van der Waals surface area contributed by atoms with Crippen molar-refractivity contribution in [3.63, 3.8) is 0 Å². The molecule has 4 rings (SSSR count). The topological polar surface area (TPSA) is 93.5 Å². The number of benzene rings is 2. The van der Waals surface area contributed by atoms with Crippen molar-refractivity contribution in [2.24, 2.45) is 0 Å². The van der Waals surface area contributed by atoms with Gasteiger partial charge in [0.2, 0.25) is 17.7 Å². The van der Waals surface area contributed by atoms with E-state index in [-0.39, 0.29) is 24.8 Å². The van der Waals surface area contributed by atoms with Crippen LogP contribution in [0.15, 0.2) is 59.2 Å². The van der Waals surface area contributed by atoms with Crippen molar-refractivity contribution in [3.05, 3.63) is 66.1 Å². The predicted molar refractivity (Wildman–Crippen MR) is 103 cm³/mol. The first-order valence-corrected chi connectivity index (χ1v) is 8.89. The van der Waals surface area contributed by atoms with Gasteiger partial charge in [-0.3, -0.25) is 9.59 Å². The molecule has 0 saturated carbocycles. The molecule has 1 aliphatic rings. The third kappa shape index (κ3) is 3.59. The summed E-state index contributed by atoms with van der Waals surface area (Å²) in [5.41, 5.74) is 2.84. The molecule has 1 aromatic heterocycles. The van der Waals surface area contributed by atoms with Crippen LogP contribution in [0.2, 0.25) is 0 Å². The van der Waals surface area contributed by atoms with Gasteiger partial charge in [0.25, 0.3) is 0 Å². The lowest BCUT2D eigenvalue weighted by Gasteiger charge is -2.25. The fraction of sp³-hybridized carbons (Fsp3) is 0.190. The third-order valence-electron chi connectivity index (χ3n) is 4.63. The van der Waals surface area contributed by atoms with Gasteiger partial charge in [-0.2, -0.15) is 0 Å². The van der Waals surface area contributed by atoms with Crippen molar-refractivity contribution in [3.8, 4) is 17.2 Å². The summed E-state index contributed by atoms with van der Waals surface area (Å²) >= 11 is 0. The fourth-order valence-corrected chi connectivity index (χ4v) is 3.20. The first-order chi connectivity index (χ1) is 13.6. The second kappa shape index (κ2) is 7.56. The lowest BCUT2D eigenvalue weighted by molar-refractivity contribution is -0.126. The summed E-state index contributed by atoms with van der Waals surface area (Å²) in [7, 11) is 1.56. The number of ether oxygens (including phenoxy) is 1. The van der Waals surface area contributed by atoms with E-state index < -0.39 is 5.92 Å². The molecule has 2 aromatic carbocycles. The highest BCUT2D eigenvalue weighted by Crippen LogP contribution is 2.35.